The molecule has 2 aromatic rings. The molecule has 1 N–H and O–H groups in total. The molecule has 0 fully saturated rings. The number of hydrogen-bond donors (Lipinski definition) is 1. The molecular weight excluding hydrogens is 227 g/mol. The summed E-state index contributed by atoms with van der Waals surface area (Å²) in [5.74, 6) is -0.139. The minimum Gasteiger partial charge on any atom is -0.508 e. The van der Waals surface area contributed by atoms with E-state index in [-0.39, 0.29) is 11.6 Å². The molecule has 0 aromatic heterocycles. The van der Waals surface area contributed by atoms with E-state index in [1.807, 2.05) is 0 Å². The highest BCUT2D eigenvalue weighted by molar-refractivity contribution is 6.31. The fourth-order valence-corrected chi connectivity index (χ4v) is 1.79. The fourth-order valence-electron chi connectivity index (χ4n) is 1.57. The Balaban J connectivity index is 2.54. The van der Waals surface area contributed by atoms with Crippen LogP contribution in [0.4, 0.5) is 4.39 Å². The van der Waals surface area contributed by atoms with Gasteiger partial charge in [0.05, 0.1) is 0 Å². The number of rotatable bonds is 1. The molecule has 82 valence electrons. The van der Waals surface area contributed by atoms with Gasteiger partial charge in [0.2, 0.25) is 0 Å². The zero-order valence-corrected chi connectivity index (χ0v) is 9.42. The van der Waals surface area contributed by atoms with Gasteiger partial charge < -0.3 is 5.11 Å². The van der Waals surface area contributed by atoms with E-state index >= 15 is 0 Å². The maximum absolute atomic E-state index is 13.1. The molecule has 16 heavy (non-hydrogen) atoms. The summed E-state index contributed by atoms with van der Waals surface area (Å²) in [6.45, 7) is 1.70. The summed E-state index contributed by atoms with van der Waals surface area (Å²) in [7, 11) is 0. The maximum Gasteiger partial charge on any atom is 0.126 e. The van der Waals surface area contributed by atoms with Gasteiger partial charge in [0.1, 0.15) is 11.6 Å². The Morgan fingerprint density at radius 3 is 2.44 bits per heavy atom. The van der Waals surface area contributed by atoms with Gasteiger partial charge >= 0.3 is 0 Å². The monoisotopic (exact) mass is 236 g/mol. The summed E-state index contributed by atoms with van der Waals surface area (Å²) in [6, 6.07) is 9.57. The zero-order chi connectivity index (χ0) is 11.7. The van der Waals surface area contributed by atoms with Gasteiger partial charge in [-0.15, -0.1) is 0 Å². The molecule has 0 amide bonds. The molecule has 0 aliphatic carbocycles. The Bertz CT molecular complexity index is 517. The predicted octanol–water partition coefficient (Wildman–Crippen LogP) is 4.16. The first-order valence-electron chi connectivity index (χ1n) is 4.82. The zero-order valence-electron chi connectivity index (χ0n) is 8.67. The van der Waals surface area contributed by atoms with Gasteiger partial charge in [-0.3, -0.25) is 0 Å². The van der Waals surface area contributed by atoms with Crippen LogP contribution in [0, 0.1) is 12.7 Å². The third-order valence-corrected chi connectivity index (χ3v) is 2.59. The molecule has 0 radical (unpaired) electrons. The molecule has 0 saturated carbocycles. The highest BCUT2D eigenvalue weighted by atomic mass is 35.5. The topological polar surface area (TPSA) is 20.2 Å². The van der Waals surface area contributed by atoms with E-state index in [1.165, 1.54) is 12.1 Å². The quantitative estimate of drug-likeness (QED) is 0.788. The van der Waals surface area contributed by atoms with Crippen molar-refractivity contribution >= 4 is 11.6 Å². The van der Waals surface area contributed by atoms with Crippen molar-refractivity contribution in [3.8, 4) is 16.9 Å². The second-order valence-corrected chi connectivity index (χ2v) is 4.10. The lowest BCUT2D eigenvalue weighted by molar-refractivity contribution is 0.475. The lowest BCUT2D eigenvalue weighted by Gasteiger charge is -2.05. The molecule has 0 atom stereocenters. The van der Waals surface area contributed by atoms with Crippen molar-refractivity contribution in [3.05, 3.63) is 52.8 Å². The van der Waals surface area contributed by atoms with E-state index in [0.29, 0.717) is 10.6 Å². The summed E-state index contributed by atoms with van der Waals surface area (Å²) >= 11 is 5.84. The second kappa shape index (κ2) is 4.14. The highest BCUT2D eigenvalue weighted by Crippen LogP contribution is 2.28. The minimum atomic E-state index is -0.241. The lowest BCUT2D eigenvalue weighted by Crippen LogP contribution is -1.84. The van der Waals surface area contributed by atoms with Gasteiger partial charge in [-0.25, -0.2) is 4.39 Å². The van der Waals surface area contributed by atoms with Crippen molar-refractivity contribution in [3.63, 3.8) is 0 Å². The van der Waals surface area contributed by atoms with Crippen molar-refractivity contribution in [2.24, 2.45) is 0 Å². The van der Waals surface area contributed by atoms with Crippen LogP contribution in [0.5, 0.6) is 5.75 Å². The van der Waals surface area contributed by atoms with Crippen molar-refractivity contribution in [2.45, 2.75) is 6.92 Å². The second-order valence-electron chi connectivity index (χ2n) is 3.66. The first-order chi connectivity index (χ1) is 7.56. The Hall–Kier alpha value is -1.54. The van der Waals surface area contributed by atoms with Crippen molar-refractivity contribution in [1.82, 2.24) is 0 Å². The van der Waals surface area contributed by atoms with Crippen LogP contribution in [0.1, 0.15) is 5.56 Å². The average Bonchev–Trinajstić information content (AvgIpc) is 2.20. The SMILES string of the molecule is Cc1cc(-c2cc(O)cc(Cl)c2)ccc1F. The van der Waals surface area contributed by atoms with Crippen LogP contribution >= 0.6 is 11.6 Å². The van der Waals surface area contributed by atoms with Crippen LogP contribution in [-0.2, 0) is 0 Å². The molecular formula is C13H10ClFO. The van der Waals surface area contributed by atoms with Gasteiger partial charge in [0, 0.05) is 5.02 Å². The molecule has 0 bridgehead atoms. The van der Waals surface area contributed by atoms with Gasteiger partial charge in [0.25, 0.3) is 0 Å². The Kier molecular flexibility index (Phi) is 2.84. The van der Waals surface area contributed by atoms with Gasteiger partial charge in [-0.2, -0.15) is 0 Å². The lowest BCUT2D eigenvalue weighted by atomic mass is 10.0. The van der Waals surface area contributed by atoms with E-state index in [9.17, 15) is 9.50 Å². The summed E-state index contributed by atoms with van der Waals surface area (Å²) in [5.41, 5.74) is 2.17. The number of phenolic OH excluding ortho intramolecular Hbond substituents is 1. The molecule has 0 aliphatic heterocycles. The van der Waals surface area contributed by atoms with Crippen LogP contribution in [0.25, 0.3) is 11.1 Å². The van der Waals surface area contributed by atoms with E-state index in [2.05, 4.69) is 0 Å². The molecule has 0 heterocycles. The molecule has 2 aromatic carbocycles. The molecule has 0 spiro atoms. The van der Waals surface area contributed by atoms with Crippen molar-refractivity contribution < 1.29 is 9.50 Å². The predicted molar refractivity (Wildman–Crippen MR) is 63.2 cm³/mol. The number of phenols is 1. The van der Waals surface area contributed by atoms with Crippen molar-refractivity contribution in [2.75, 3.05) is 0 Å². The molecule has 2 rings (SSSR count). The van der Waals surface area contributed by atoms with Crippen LogP contribution in [0.3, 0.4) is 0 Å². The largest absolute Gasteiger partial charge is 0.508 e. The summed E-state index contributed by atoms with van der Waals surface area (Å²) < 4.78 is 13.1. The third-order valence-electron chi connectivity index (χ3n) is 2.37. The molecule has 0 unspecified atom stereocenters. The number of benzene rings is 2. The summed E-state index contributed by atoms with van der Waals surface area (Å²) in [5, 5.41) is 9.88. The highest BCUT2D eigenvalue weighted by Gasteiger charge is 2.04. The van der Waals surface area contributed by atoms with Crippen LogP contribution < -0.4 is 0 Å². The van der Waals surface area contributed by atoms with Crippen LogP contribution in [-0.4, -0.2) is 5.11 Å². The standard InChI is InChI=1S/C13H10ClFO/c1-8-4-9(2-3-13(8)15)10-5-11(14)7-12(16)6-10/h2-7,16H,1H3. The van der Waals surface area contributed by atoms with Crippen molar-refractivity contribution in [1.29, 1.82) is 0 Å². The van der Waals surface area contributed by atoms with Crippen LogP contribution in [0.2, 0.25) is 5.02 Å². The Labute approximate surface area is 98.1 Å². The van der Waals surface area contributed by atoms with E-state index in [1.54, 1.807) is 31.2 Å². The number of hydrogen-bond acceptors (Lipinski definition) is 1. The van der Waals surface area contributed by atoms with Gasteiger partial charge in [-0.1, -0.05) is 17.7 Å². The number of aryl methyl sites for hydroxylation is 1. The Morgan fingerprint density at radius 2 is 1.81 bits per heavy atom. The van der Waals surface area contributed by atoms with Gasteiger partial charge in [-0.05, 0) is 53.9 Å². The molecule has 0 aliphatic rings. The van der Waals surface area contributed by atoms with E-state index in [0.717, 1.165) is 11.1 Å². The smallest absolute Gasteiger partial charge is 0.126 e. The Morgan fingerprint density at radius 1 is 1.06 bits per heavy atom. The maximum atomic E-state index is 13.1. The molecule has 1 nitrogen and oxygen atoms in total. The number of aromatic hydroxyl groups is 1. The first kappa shape index (κ1) is 11.0. The number of halogens is 2. The molecule has 0 saturated heterocycles. The van der Waals surface area contributed by atoms with Crippen LogP contribution in [0.15, 0.2) is 36.4 Å². The normalized spacial score (nSPS) is 10.4. The van der Waals surface area contributed by atoms with E-state index < -0.39 is 0 Å². The van der Waals surface area contributed by atoms with E-state index in [4.69, 9.17) is 11.6 Å². The minimum absolute atomic E-state index is 0.101. The fraction of sp³-hybridized carbons (Fsp3) is 0.0769. The average molecular weight is 237 g/mol. The summed E-state index contributed by atoms with van der Waals surface area (Å²) in [6.07, 6.45) is 0. The molecule has 3 heteroatoms. The van der Waals surface area contributed by atoms with Gasteiger partial charge in [0.15, 0.2) is 0 Å². The first-order valence-corrected chi connectivity index (χ1v) is 5.20. The third kappa shape index (κ3) is 2.17. The summed E-state index contributed by atoms with van der Waals surface area (Å²) in [4.78, 5) is 0.